The Kier molecular flexibility index (Phi) is 9.93. The number of thiazole rings is 1. The predicted octanol–water partition coefficient (Wildman–Crippen LogP) is 7.44. The summed E-state index contributed by atoms with van der Waals surface area (Å²) in [5, 5.41) is 7.83. The van der Waals surface area contributed by atoms with E-state index in [9.17, 15) is 25.9 Å². The van der Waals surface area contributed by atoms with Gasteiger partial charge in [-0.1, -0.05) is 30.0 Å². The lowest BCUT2D eigenvalue weighted by Crippen LogP contribution is -2.36. The smallest absolute Gasteiger partial charge is 0.265 e. The molecule has 4 heterocycles. The standard InChI is InChI=1S/C31H32N2O8S6/c1-4-19(15-26-32(9-5-13-46(34,35)36)28-24(44-26)17-22(40-2)20-7-11-42-30(20)28)16-27-33(10-6-14-47(37,38)39)29-25(45-27)18-23(41-3)21-8-12-43-31(21)29/h7-8,11-12,15-18H,4-6,9-10,13-14H2,1-3H3,(H-,34,35,36,37,38,39)/p+1. The fraction of sp³-hybridized carbons (Fsp3) is 0.323. The maximum atomic E-state index is 11.6. The molecule has 0 saturated heterocycles. The summed E-state index contributed by atoms with van der Waals surface area (Å²) in [6.07, 6.45) is 5.39. The van der Waals surface area contributed by atoms with Gasteiger partial charge in [-0.15, -0.1) is 22.7 Å². The van der Waals surface area contributed by atoms with Gasteiger partial charge in [0, 0.05) is 40.8 Å². The van der Waals surface area contributed by atoms with Crippen molar-refractivity contribution in [2.45, 2.75) is 37.6 Å². The van der Waals surface area contributed by atoms with Gasteiger partial charge in [-0.25, -0.2) is 0 Å². The number of allylic oxidation sites excluding steroid dienone is 2. The number of nitrogens with zero attached hydrogens (tertiary/aromatic N) is 2. The predicted molar refractivity (Wildman–Crippen MR) is 194 cm³/mol. The number of methoxy groups -OCH3 is 2. The van der Waals surface area contributed by atoms with Crippen LogP contribution in [-0.4, -0.2) is 58.2 Å². The summed E-state index contributed by atoms with van der Waals surface area (Å²) in [5.74, 6) is 0.847. The minimum Gasteiger partial charge on any atom is -0.496 e. The molecule has 0 atom stereocenters. The summed E-state index contributed by atoms with van der Waals surface area (Å²) in [5.41, 5.74) is 3.00. The van der Waals surface area contributed by atoms with Crippen LogP contribution in [0.25, 0.3) is 36.5 Å². The highest BCUT2D eigenvalue weighted by molar-refractivity contribution is 8.03. The van der Waals surface area contributed by atoms with E-state index in [0.29, 0.717) is 19.5 Å². The highest BCUT2D eigenvalue weighted by atomic mass is 32.2. The number of aryl methyl sites for hydroxylation is 1. The molecule has 0 amide bonds. The Balaban J connectivity index is 1.46. The lowest BCUT2D eigenvalue weighted by molar-refractivity contribution is -0.667. The Morgan fingerprint density at radius 3 is 2.23 bits per heavy atom. The van der Waals surface area contributed by atoms with Crippen molar-refractivity contribution in [1.29, 1.82) is 0 Å². The van der Waals surface area contributed by atoms with Gasteiger partial charge in [0.2, 0.25) is 5.52 Å². The van der Waals surface area contributed by atoms with Gasteiger partial charge in [0.05, 0.1) is 41.1 Å². The van der Waals surface area contributed by atoms with Crippen molar-refractivity contribution < 1.29 is 40.0 Å². The summed E-state index contributed by atoms with van der Waals surface area (Å²) in [7, 11) is -4.94. The minimum absolute atomic E-state index is 0.239. The highest BCUT2D eigenvalue weighted by Gasteiger charge is 2.31. The number of hydrogen-bond donors (Lipinski definition) is 2. The van der Waals surface area contributed by atoms with E-state index in [1.807, 2.05) is 35.0 Å². The maximum absolute atomic E-state index is 11.6. The molecule has 5 aromatic rings. The minimum atomic E-state index is -4.12. The second-order valence-corrected chi connectivity index (χ2v) is 18.0. The number of fused-ring (bicyclic) bond motifs is 6. The molecule has 0 aliphatic carbocycles. The third kappa shape index (κ3) is 7.20. The fourth-order valence-corrected chi connectivity index (χ4v) is 11.2. The van der Waals surface area contributed by atoms with Crippen LogP contribution in [0.1, 0.15) is 31.2 Å². The normalized spacial score (nSPS) is 15.0. The van der Waals surface area contributed by atoms with Gasteiger partial charge in [0.15, 0.2) is 6.54 Å². The molecular weight excluding hydrogens is 721 g/mol. The molecule has 0 unspecified atom stereocenters. The zero-order valence-electron chi connectivity index (χ0n) is 25.8. The van der Waals surface area contributed by atoms with Crippen molar-refractivity contribution >= 4 is 108 Å². The Bertz CT molecular complexity index is 2260. The van der Waals surface area contributed by atoms with Gasteiger partial charge >= 0.3 is 0 Å². The molecule has 10 nitrogen and oxygen atoms in total. The molecule has 16 heteroatoms. The molecule has 6 rings (SSSR count). The van der Waals surface area contributed by atoms with Crippen LogP contribution in [0.2, 0.25) is 0 Å². The number of benzene rings is 2. The van der Waals surface area contributed by atoms with Crippen molar-refractivity contribution in [3.63, 3.8) is 0 Å². The lowest BCUT2D eigenvalue weighted by Gasteiger charge is -2.21. The van der Waals surface area contributed by atoms with Crippen LogP contribution < -0.4 is 18.9 Å². The second-order valence-electron chi connectivity index (χ2n) is 10.9. The van der Waals surface area contributed by atoms with Gasteiger partial charge in [-0.3, -0.25) is 9.11 Å². The Morgan fingerprint density at radius 1 is 0.936 bits per heavy atom. The molecule has 3 aromatic heterocycles. The zero-order valence-corrected chi connectivity index (χ0v) is 30.7. The Hall–Kier alpha value is -2.70. The van der Waals surface area contributed by atoms with E-state index in [1.54, 1.807) is 60.0 Å². The van der Waals surface area contributed by atoms with Crippen molar-refractivity contribution in [3.8, 4) is 11.5 Å². The summed E-state index contributed by atoms with van der Waals surface area (Å²) >= 11 is 6.37. The summed E-state index contributed by atoms with van der Waals surface area (Å²) in [6.45, 7) is 2.84. The average Bonchev–Trinajstić information content (AvgIpc) is 3.80. The first-order valence-corrected chi connectivity index (χ1v) is 21.3. The molecule has 0 bridgehead atoms. The number of ether oxygens (including phenoxy) is 2. The van der Waals surface area contributed by atoms with E-state index >= 15 is 0 Å². The Morgan fingerprint density at radius 2 is 1.57 bits per heavy atom. The number of thioether (sulfide) groups is 1. The quantitative estimate of drug-likeness (QED) is 0.0923. The molecule has 0 saturated carbocycles. The molecule has 0 spiro atoms. The molecule has 0 radical (unpaired) electrons. The number of aromatic nitrogens is 1. The van der Waals surface area contributed by atoms with Crippen molar-refractivity contribution in [3.05, 3.63) is 56.7 Å². The van der Waals surface area contributed by atoms with Crippen molar-refractivity contribution in [1.82, 2.24) is 0 Å². The monoisotopic (exact) mass is 753 g/mol. The van der Waals surface area contributed by atoms with E-state index in [4.69, 9.17) is 9.47 Å². The van der Waals surface area contributed by atoms with Crippen LogP contribution >= 0.6 is 45.8 Å². The highest BCUT2D eigenvalue weighted by Crippen LogP contribution is 2.53. The Labute approximate surface area is 289 Å². The lowest BCUT2D eigenvalue weighted by atomic mass is 10.1. The third-order valence-electron chi connectivity index (χ3n) is 7.82. The van der Waals surface area contributed by atoms with E-state index in [-0.39, 0.29) is 24.3 Å². The van der Waals surface area contributed by atoms with E-state index in [2.05, 4.69) is 28.5 Å². The van der Waals surface area contributed by atoms with Crippen LogP contribution in [0.15, 0.2) is 56.6 Å². The number of anilines is 1. The molecule has 1 aliphatic rings. The molecule has 0 fully saturated rings. The first kappa shape index (κ1) is 34.2. The van der Waals surface area contributed by atoms with Gasteiger partial charge in [-0.2, -0.15) is 21.4 Å². The van der Waals surface area contributed by atoms with Gasteiger partial charge < -0.3 is 14.4 Å². The molecule has 47 heavy (non-hydrogen) atoms. The largest absolute Gasteiger partial charge is 0.496 e. The first-order valence-electron chi connectivity index (χ1n) is 14.7. The van der Waals surface area contributed by atoms with Crippen LogP contribution in [0.4, 0.5) is 5.69 Å². The van der Waals surface area contributed by atoms with Crippen molar-refractivity contribution in [2.75, 3.05) is 37.2 Å². The SMILES string of the molecule is CCC(=Cc1sc2cc(OC)c3ccsc3c2[n+]1CCCS(=O)(=O)O)C=C1Sc2cc(OC)c3ccsc3c2N1CCCS(=O)(=O)O. The molecule has 2 N–H and O–H groups in total. The first-order chi connectivity index (χ1) is 22.4. The van der Waals surface area contributed by atoms with E-state index in [0.717, 1.165) is 68.1 Å². The molecule has 1 aliphatic heterocycles. The van der Waals surface area contributed by atoms with E-state index < -0.39 is 20.2 Å². The number of thiophene rings is 2. The topological polar surface area (TPSA) is 134 Å². The van der Waals surface area contributed by atoms with Crippen LogP contribution in [0, 0.1) is 0 Å². The van der Waals surface area contributed by atoms with Crippen LogP contribution in [-0.2, 0) is 26.8 Å². The molecular formula is C31H33N2O8S6+. The summed E-state index contributed by atoms with van der Waals surface area (Å²) in [6, 6.07) is 8.05. The van der Waals surface area contributed by atoms with E-state index in [1.165, 1.54) is 0 Å². The second kappa shape index (κ2) is 13.7. The molecule has 250 valence electrons. The summed E-state index contributed by atoms with van der Waals surface area (Å²) in [4.78, 5) is 3.12. The third-order valence-corrected chi connectivity index (χ3v) is 13.4. The van der Waals surface area contributed by atoms with Gasteiger partial charge in [-0.05, 0) is 53.4 Å². The van der Waals surface area contributed by atoms with Crippen molar-refractivity contribution in [2.24, 2.45) is 0 Å². The zero-order chi connectivity index (χ0) is 33.5. The van der Waals surface area contributed by atoms with Gasteiger partial charge in [0.1, 0.15) is 20.9 Å². The fourth-order valence-electron chi connectivity index (χ4n) is 5.72. The van der Waals surface area contributed by atoms with Gasteiger partial charge in [0.25, 0.3) is 25.2 Å². The number of hydrogen-bond acceptors (Lipinski definition) is 11. The number of rotatable bonds is 13. The maximum Gasteiger partial charge on any atom is 0.265 e. The molecule has 2 aromatic carbocycles. The summed E-state index contributed by atoms with van der Waals surface area (Å²) < 4.78 is 81.8. The van der Waals surface area contributed by atoms with Crippen LogP contribution in [0.3, 0.4) is 0 Å². The van der Waals surface area contributed by atoms with Crippen LogP contribution in [0.5, 0.6) is 11.5 Å². The average molecular weight is 754 g/mol.